The average molecular weight is 605 g/mol. The number of piperidine rings is 2. The molecule has 0 aliphatic carbocycles. The van der Waals surface area contributed by atoms with Crippen LogP contribution in [-0.4, -0.2) is 74.9 Å². The van der Waals surface area contributed by atoms with Crippen LogP contribution in [0.4, 0.5) is 4.39 Å². The van der Waals surface area contributed by atoms with E-state index in [1.165, 1.54) is 11.8 Å². The summed E-state index contributed by atoms with van der Waals surface area (Å²) in [5.41, 5.74) is 3.24. The lowest BCUT2D eigenvalue weighted by molar-refractivity contribution is 0.0190. The maximum atomic E-state index is 15.1. The van der Waals surface area contributed by atoms with Crippen LogP contribution in [0.25, 0.3) is 0 Å². The number of carbonyl (C=O) groups excluding carboxylic acids is 1. The summed E-state index contributed by atoms with van der Waals surface area (Å²) in [7, 11) is -3.25. The van der Waals surface area contributed by atoms with Crippen molar-refractivity contribution in [2.24, 2.45) is 0 Å². The second-order valence-electron chi connectivity index (χ2n) is 11.5. The smallest absolute Gasteiger partial charge is 0.251 e. The van der Waals surface area contributed by atoms with E-state index in [0.717, 1.165) is 38.0 Å². The SMILES string of the molecule is CS(=O)(=O)c1ccc(CN2CCC(Oc3cccc(C(=O)NC4CCN(Cc5ccc(C#N)cc5)CC4)c3)C(F)C2)cc1. The Bertz CT molecular complexity index is 1550. The van der Waals surface area contributed by atoms with Crippen molar-refractivity contribution < 1.29 is 22.3 Å². The number of rotatable bonds is 9. The van der Waals surface area contributed by atoms with Crippen LogP contribution in [0, 0.1) is 11.3 Å². The van der Waals surface area contributed by atoms with Gasteiger partial charge in [-0.05, 0) is 72.9 Å². The standard InChI is InChI=1S/C33H37FN4O4S/c1-43(40,41)30-11-9-26(10-12-30)22-38-18-15-32(31(34)23-38)42-29-4-2-3-27(19-29)33(39)36-28-13-16-37(17-14-28)21-25-7-5-24(20-35)6-8-25/h2-12,19,28,31-32H,13-18,21-23H2,1H3,(H,36,39). The summed E-state index contributed by atoms with van der Waals surface area (Å²) in [6, 6.07) is 23.5. The third-order valence-electron chi connectivity index (χ3n) is 8.12. The van der Waals surface area contributed by atoms with E-state index in [4.69, 9.17) is 10.00 Å². The van der Waals surface area contributed by atoms with Gasteiger partial charge in [-0.1, -0.05) is 30.3 Å². The Balaban J connectivity index is 1.07. The molecular formula is C33H37FN4O4S. The second-order valence-corrected chi connectivity index (χ2v) is 13.5. The Morgan fingerprint density at radius 3 is 2.21 bits per heavy atom. The molecule has 0 bridgehead atoms. The van der Waals surface area contributed by atoms with Crippen LogP contribution in [0.15, 0.2) is 77.7 Å². The van der Waals surface area contributed by atoms with Gasteiger partial charge in [0.2, 0.25) is 0 Å². The van der Waals surface area contributed by atoms with E-state index in [2.05, 4.69) is 16.3 Å². The first-order valence-electron chi connectivity index (χ1n) is 14.6. The fourth-order valence-corrected chi connectivity index (χ4v) is 6.29. The fraction of sp³-hybridized carbons (Fsp3) is 0.394. The maximum absolute atomic E-state index is 15.1. The molecule has 2 atom stereocenters. The Hall–Kier alpha value is -3.78. The largest absolute Gasteiger partial charge is 0.487 e. The first kappa shape index (κ1) is 30.7. The van der Waals surface area contributed by atoms with Crippen LogP contribution < -0.4 is 10.1 Å². The van der Waals surface area contributed by atoms with Gasteiger partial charge in [0.1, 0.15) is 18.0 Å². The van der Waals surface area contributed by atoms with Gasteiger partial charge in [0.15, 0.2) is 9.84 Å². The minimum Gasteiger partial charge on any atom is -0.487 e. The summed E-state index contributed by atoms with van der Waals surface area (Å²) in [4.78, 5) is 17.6. The summed E-state index contributed by atoms with van der Waals surface area (Å²) >= 11 is 0. The van der Waals surface area contributed by atoms with Crippen LogP contribution in [0.5, 0.6) is 5.75 Å². The van der Waals surface area contributed by atoms with Gasteiger partial charge in [0, 0.05) is 57.1 Å². The van der Waals surface area contributed by atoms with Crippen molar-refractivity contribution in [1.82, 2.24) is 15.1 Å². The van der Waals surface area contributed by atoms with Gasteiger partial charge in [-0.2, -0.15) is 5.26 Å². The average Bonchev–Trinajstić information content (AvgIpc) is 3.00. The molecule has 2 unspecified atom stereocenters. The molecule has 0 spiro atoms. The molecule has 10 heteroatoms. The number of hydrogen-bond donors (Lipinski definition) is 1. The van der Waals surface area contributed by atoms with Crippen LogP contribution in [0.3, 0.4) is 0 Å². The van der Waals surface area contributed by atoms with E-state index < -0.39 is 22.1 Å². The molecule has 0 saturated carbocycles. The number of ether oxygens (including phenoxy) is 1. The summed E-state index contributed by atoms with van der Waals surface area (Å²) in [6.07, 6.45) is 1.57. The highest BCUT2D eigenvalue weighted by Crippen LogP contribution is 2.24. The molecule has 5 rings (SSSR count). The van der Waals surface area contributed by atoms with Gasteiger partial charge in [0.25, 0.3) is 5.91 Å². The number of sulfone groups is 1. The summed E-state index contributed by atoms with van der Waals surface area (Å²) in [6.45, 7) is 3.94. The van der Waals surface area contributed by atoms with E-state index in [-0.39, 0.29) is 23.4 Å². The maximum Gasteiger partial charge on any atom is 0.251 e. The van der Waals surface area contributed by atoms with E-state index in [0.29, 0.717) is 36.4 Å². The van der Waals surface area contributed by atoms with Crippen molar-refractivity contribution in [2.75, 3.05) is 32.4 Å². The summed E-state index contributed by atoms with van der Waals surface area (Å²) in [5.74, 6) is 0.312. The van der Waals surface area contributed by atoms with Crippen LogP contribution >= 0.6 is 0 Å². The third-order valence-corrected chi connectivity index (χ3v) is 9.25. The molecule has 3 aromatic rings. The number of carbonyl (C=O) groups is 1. The van der Waals surface area contributed by atoms with Gasteiger partial charge >= 0.3 is 0 Å². The molecule has 0 aromatic heterocycles. The van der Waals surface area contributed by atoms with E-state index in [1.807, 2.05) is 29.2 Å². The monoisotopic (exact) mass is 604 g/mol. The number of nitrogens with zero attached hydrogens (tertiary/aromatic N) is 3. The van der Waals surface area contributed by atoms with Crippen LogP contribution in [0.1, 0.15) is 46.3 Å². The molecular weight excluding hydrogens is 567 g/mol. The molecule has 1 amide bonds. The molecule has 2 aliphatic rings. The first-order chi connectivity index (χ1) is 20.7. The van der Waals surface area contributed by atoms with Crippen molar-refractivity contribution in [3.05, 3.63) is 95.1 Å². The number of nitrogens with one attached hydrogen (secondary N) is 1. The third kappa shape index (κ3) is 8.41. The zero-order chi connectivity index (χ0) is 30.4. The van der Waals surface area contributed by atoms with Crippen molar-refractivity contribution in [1.29, 1.82) is 5.26 Å². The molecule has 0 radical (unpaired) electrons. The number of benzene rings is 3. The lowest BCUT2D eigenvalue weighted by Gasteiger charge is -2.34. The first-order valence-corrected chi connectivity index (χ1v) is 16.5. The predicted molar refractivity (Wildman–Crippen MR) is 162 cm³/mol. The van der Waals surface area contributed by atoms with Crippen molar-refractivity contribution in [2.45, 2.75) is 55.6 Å². The van der Waals surface area contributed by atoms with Gasteiger partial charge in [-0.3, -0.25) is 14.6 Å². The number of halogens is 1. The van der Waals surface area contributed by atoms with E-state index in [9.17, 15) is 13.2 Å². The lowest BCUT2D eigenvalue weighted by atomic mass is 10.0. The van der Waals surface area contributed by atoms with Crippen LogP contribution in [0.2, 0.25) is 0 Å². The van der Waals surface area contributed by atoms with E-state index >= 15 is 4.39 Å². The summed E-state index contributed by atoms with van der Waals surface area (Å²) < 4.78 is 44.5. The molecule has 2 saturated heterocycles. The second kappa shape index (κ2) is 13.7. The minimum absolute atomic E-state index is 0.0800. The highest BCUT2D eigenvalue weighted by atomic mass is 32.2. The van der Waals surface area contributed by atoms with Gasteiger partial charge in [-0.25, -0.2) is 12.8 Å². The Labute approximate surface area is 253 Å². The highest BCUT2D eigenvalue weighted by molar-refractivity contribution is 7.90. The van der Waals surface area contributed by atoms with Crippen molar-refractivity contribution in [3.63, 3.8) is 0 Å². The molecule has 2 fully saturated rings. The lowest BCUT2D eigenvalue weighted by Crippen LogP contribution is -2.46. The molecule has 226 valence electrons. The summed E-state index contributed by atoms with van der Waals surface area (Å²) in [5, 5.41) is 12.1. The minimum atomic E-state index is -3.25. The van der Waals surface area contributed by atoms with E-state index in [1.54, 1.807) is 48.5 Å². The normalized spacial score (nSPS) is 20.3. The fourth-order valence-electron chi connectivity index (χ4n) is 5.66. The number of amides is 1. The number of alkyl halides is 1. The molecule has 1 N–H and O–H groups in total. The zero-order valence-corrected chi connectivity index (χ0v) is 25.1. The van der Waals surface area contributed by atoms with Gasteiger partial charge in [0.05, 0.1) is 16.5 Å². The quantitative estimate of drug-likeness (QED) is 0.388. The van der Waals surface area contributed by atoms with Crippen LogP contribution in [-0.2, 0) is 22.9 Å². The highest BCUT2D eigenvalue weighted by Gasteiger charge is 2.31. The molecule has 2 aliphatic heterocycles. The van der Waals surface area contributed by atoms with Crippen molar-refractivity contribution in [3.8, 4) is 11.8 Å². The molecule has 2 heterocycles. The Kier molecular flexibility index (Phi) is 9.76. The molecule has 43 heavy (non-hydrogen) atoms. The molecule has 8 nitrogen and oxygen atoms in total. The van der Waals surface area contributed by atoms with Gasteiger partial charge < -0.3 is 10.1 Å². The topological polar surface area (TPSA) is 103 Å². The number of likely N-dealkylation sites (tertiary alicyclic amines) is 2. The number of hydrogen-bond acceptors (Lipinski definition) is 7. The van der Waals surface area contributed by atoms with Crippen molar-refractivity contribution >= 4 is 15.7 Å². The zero-order valence-electron chi connectivity index (χ0n) is 24.3. The number of nitriles is 1. The van der Waals surface area contributed by atoms with Gasteiger partial charge in [-0.15, -0.1) is 0 Å². The molecule has 3 aromatic carbocycles. The Morgan fingerprint density at radius 2 is 1.58 bits per heavy atom. The Morgan fingerprint density at radius 1 is 0.953 bits per heavy atom. The predicted octanol–water partition coefficient (Wildman–Crippen LogP) is 4.35.